The molecule has 0 radical (unpaired) electrons. The second-order valence-electron chi connectivity index (χ2n) is 6.57. The summed E-state index contributed by atoms with van der Waals surface area (Å²) in [5, 5.41) is 0.351. The summed E-state index contributed by atoms with van der Waals surface area (Å²) in [6.45, 7) is 2.24. The van der Waals surface area contributed by atoms with E-state index >= 15 is 0 Å². The lowest BCUT2D eigenvalue weighted by Crippen LogP contribution is -2.50. The first kappa shape index (κ1) is 18.5. The van der Waals surface area contributed by atoms with Crippen molar-refractivity contribution in [2.24, 2.45) is 0 Å². The number of aryl methyl sites for hydroxylation is 1. The van der Waals surface area contributed by atoms with Gasteiger partial charge in [-0.25, -0.2) is 13.2 Å². The number of para-hydroxylation sites is 1. The third-order valence-corrected chi connectivity index (χ3v) is 6.57. The summed E-state index contributed by atoms with van der Waals surface area (Å²) in [6, 6.07) is 19.9. The van der Waals surface area contributed by atoms with Crippen molar-refractivity contribution in [2.75, 3.05) is 9.21 Å². The van der Waals surface area contributed by atoms with Gasteiger partial charge in [0.25, 0.3) is 10.0 Å². The van der Waals surface area contributed by atoms with Crippen LogP contribution in [0.4, 0.5) is 16.2 Å². The summed E-state index contributed by atoms with van der Waals surface area (Å²) < 4.78 is 27.2. The molecule has 0 spiro atoms. The van der Waals surface area contributed by atoms with E-state index in [-0.39, 0.29) is 17.1 Å². The molecular formula is C21H17ClN2O3S. The van der Waals surface area contributed by atoms with E-state index in [1.165, 1.54) is 17.0 Å². The molecule has 0 atom stereocenters. The SMILES string of the molecule is Cc1ccc(CN2C(=O)N(c3cccc(Cl)c3)S(=O)(=O)c3ccccc32)cc1. The molecule has 3 aromatic carbocycles. The molecule has 4 rings (SSSR count). The Bertz CT molecular complexity index is 1160. The number of sulfonamides is 1. The van der Waals surface area contributed by atoms with Crippen LogP contribution in [0, 0.1) is 6.92 Å². The van der Waals surface area contributed by atoms with Crippen molar-refractivity contribution in [3.8, 4) is 0 Å². The van der Waals surface area contributed by atoms with Crippen LogP contribution in [0.25, 0.3) is 0 Å². The molecule has 0 unspecified atom stereocenters. The average molecular weight is 413 g/mol. The Morgan fingerprint density at radius 1 is 0.929 bits per heavy atom. The van der Waals surface area contributed by atoms with Gasteiger partial charge >= 0.3 is 6.03 Å². The third kappa shape index (κ3) is 3.15. The van der Waals surface area contributed by atoms with E-state index in [0.29, 0.717) is 10.7 Å². The van der Waals surface area contributed by atoms with Gasteiger partial charge in [0.15, 0.2) is 0 Å². The maximum Gasteiger partial charge on any atom is 0.343 e. The van der Waals surface area contributed by atoms with E-state index in [2.05, 4.69) is 0 Å². The topological polar surface area (TPSA) is 57.7 Å². The average Bonchev–Trinajstić information content (AvgIpc) is 2.67. The van der Waals surface area contributed by atoms with Crippen LogP contribution in [0.5, 0.6) is 0 Å². The van der Waals surface area contributed by atoms with Gasteiger partial charge in [0.2, 0.25) is 0 Å². The number of urea groups is 1. The summed E-state index contributed by atoms with van der Waals surface area (Å²) in [6.07, 6.45) is 0. The van der Waals surface area contributed by atoms with Crippen molar-refractivity contribution in [2.45, 2.75) is 18.4 Å². The maximum atomic E-state index is 13.3. The molecule has 2 amide bonds. The van der Waals surface area contributed by atoms with E-state index in [0.717, 1.165) is 15.4 Å². The summed E-state index contributed by atoms with van der Waals surface area (Å²) >= 11 is 6.04. The molecule has 5 nitrogen and oxygen atoms in total. The lowest BCUT2D eigenvalue weighted by Gasteiger charge is -2.36. The van der Waals surface area contributed by atoms with E-state index in [1.807, 2.05) is 31.2 Å². The molecule has 0 saturated carbocycles. The predicted octanol–water partition coefficient (Wildman–Crippen LogP) is 4.98. The molecule has 1 heterocycles. The smallest absolute Gasteiger partial charge is 0.287 e. The summed E-state index contributed by atoms with van der Waals surface area (Å²) in [7, 11) is -4.05. The number of anilines is 2. The van der Waals surface area contributed by atoms with Gasteiger partial charge < -0.3 is 0 Å². The van der Waals surface area contributed by atoms with Gasteiger partial charge in [0.05, 0.1) is 17.9 Å². The molecule has 0 N–H and O–H groups in total. The molecule has 142 valence electrons. The Morgan fingerprint density at radius 3 is 2.36 bits per heavy atom. The summed E-state index contributed by atoms with van der Waals surface area (Å²) in [4.78, 5) is 14.9. The lowest BCUT2D eigenvalue weighted by atomic mass is 10.1. The molecule has 0 saturated heterocycles. The van der Waals surface area contributed by atoms with Crippen LogP contribution in [-0.2, 0) is 16.6 Å². The first-order valence-electron chi connectivity index (χ1n) is 8.65. The number of amides is 2. The number of fused-ring (bicyclic) bond motifs is 1. The third-order valence-electron chi connectivity index (χ3n) is 4.58. The van der Waals surface area contributed by atoms with Gasteiger partial charge in [-0.05, 0) is 42.8 Å². The highest BCUT2D eigenvalue weighted by Crippen LogP contribution is 2.38. The Balaban J connectivity index is 1.86. The Labute approximate surface area is 168 Å². The number of carbonyl (C=O) groups is 1. The van der Waals surface area contributed by atoms with Crippen molar-refractivity contribution in [3.63, 3.8) is 0 Å². The molecule has 1 aliphatic heterocycles. The van der Waals surface area contributed by atoms with Crippen molar-refractivity contribution in [1.82, 2.24) is 0 Å². The number of hydrogen-bond acceptors (Lipinski definition) is 3. The van der Waals surface area contributed by atoms with E-state index < -0.39 is 16.1 Å². The predicted molar refractivity (Wildman–Crippen MR) is 110 cm³/mol. The van der Waals surface area contributed by atoms with Gasteiger partial charge in [-0.3, -0.25) is 4.90 Å². The standard InChI is InChI=1S/C21H17ClN2O3S/c1-15-9-11-16(12-10-15)14-23-19-7-2-3-8-20(19)28(26,27)24(21(23)25)18-6-4-5-17(22)13-18/h2-13H,14H2,1H3. The van der Waals surface area contributed by atoms with E-state index in [9.17, 15) is 13.2 Å². The highest BCUT2D eigenvalue weighted by Gasteiger charge is 2.42. The monoisotopic (exact) mass is 412 g/mol. The van der Waals surface area contributed by atoms with Crippen molar-refractivity contribution in [1.29, 1.82) is 0 Å². The fourth-order valence-corrected chi connectivity index (χ4v) is 4.96. The Hall–Kier alpha value is -2.83. The van der Waals surface area contributed by atoms with Crippen LogP contribution in [0.3, 0.4) is 0 Å². The normalized spacial score (nSPS) is 15.4. The minimum atomic E-state index is -4.05. The second kappa shape index (κ2) is 6.96. The fourth-order valence-electron chi connectivity index (χ4n) is 3.19. The minimum absolute atomic E-state index is 0.0849. The number of halogens is 1. The molecule has 0 fully saturated rings. The largest absolute Gasteiger partial charge is 0.343 e. The summed E-state index contributed by atoms with van der Waals surface area (Å²) in [5.74, 6) is 0. The number of carbonyl (C=O) groups excluding carboxylic acids is 1. The van der Waals surface area contributed by atoms with Crippen molar-refractivity contribution >= 4 is 39.0 Å². The molecule has 0 aliphatic carbocycles. The Morgan fingerprint density at radius 2 is 1.64 bits per heavy atom. The molecule has 0 aromatic heterocycles. The van der Waals surface area contributed by atoms with Gasteiger partial charge in [-0.15, -0.1) is 0 Å². The zero-order chi connectivity index (χ0) is 19.9. The van der Waals surface area contributed by atoms with Crippen LogP contribution >= 0.6 is 11.6 Å². The maximum absolute atomic E-state index is 13.3. The van der Waals surface area contributed by atoms with Crippen LogP contribution in [-0.4, -0.2) is 14.4 Å². The highest BCUT2D eigenvalue weighted by molar-refractivity contribution is 7.94. The molecule has 1 aliphatic rings. The fraction of sp³-hybridized carbons (Fsp3) is 0.0952. The summed E-state index contributed by atoms with van der Waals surface area (Å²) in [5.41, 5.74) is 2.59. The minimum Gasteiger partial charge on any atom is -0.287 e. The molecule has 28 heavy (non-hydrogen) atoms. The first-order valence-corrected chi connectivity index (χ1v) is 10.5. The zero-order valence-corrected chi connectivity index (χ0v) is 16.6. The molecular weight excluding hydrogens is 396 g/mol. The van der Waals surface area contributed by atoms with Crippen LogP contribution < -0.4 is 9.21 Å². The number of nitrogens with zero attached hydrogens (tertiary/aromatic N) is 2. The van der Waals surface area contributed by atoms with Gasteiger partial charge in [0.1, 0.15) is 4.90 Å². The zero-order valence-electron chi connectivity index (χ0n) is 15.0. The van der Waals surface area contributed by atoms with Crippen LogP contribution in [0.1, 0.15) is 11.1 Å². The first-order chi connectivity index (χ1) is 13.4. The molecule has 7 heteroatoms. The Kier molecular flexibility index (Phi) is 4.61. The van der Waals surface area contributed by atoms with Gasteiger partial charge in [-0.1, -0.05) is 59.6 Å². The second-order valence-corrected chi connectivity index (χ2v) is 8.76. The molecule has 3 aromatic rings. The van der Waals surface area contributed by atoms with Gasteiger partial charge in [-0.2, -0.15) is 4.31 Å². The number of hydrogen-bond donors (Lipinski definition) is 0. The quantitative estimate of drug-likeness (QED) is 0.609. The molecule has 0 bridgehead atoms. The van der Waals surface area contributed by atoms with E-state index in [1.54, 1.807) is 36.4 Å². The van der Waals surface area contributed by atoms with Crippen molar-refractivity contribution in [3.05, 3.63) is 88.9 Å². The number of rotatable bonds is 3. The van der Waals surface area contributed by atoms with Gasteiger partial charge in [0, 0.05) is 5.02 Å². The van der Waals surface area contributed by atoms with E-state index in [4.69, 9.17) is 11.6 Å². The van der Waals surface area contributed by atoms with Crippen LogP contribution in [0.2, 0.25) is 5.02 Å². The lowest BCUT2D eigenvalue weighted by molar-refractivity contribution is 0.253. The number of benzene rings is 3. The van der Waals surface area contributed by atoms with Crippen LogP contribution in [0.15, 0.2) is 77.7 Å². The van der Waals surface area contributed by atoms with Crippen molar-refractivity contribution < 1.29 is 13.2 Å². The highest BCUT2D eigenvalue weighted by atomic mass is 35.5.